The zero-order chi connectivity index (χ0) is 85.3. The minimum atomic E-state index is 0.105. The van der Waals surface area contributed by atoms with Gasteiger partial charge in [-0.1, -0.05) is 54.6 Å². The minimum Gasteiger partial charge on any atom is -0.497 e. The summed E-state index contributed by atoms with van der Waals surface area (Å²) in [5, 5.41) is 33.3. The lowest BCUT2D eigenvalue weighted by Gasteiger charge is -2.27. The maximum atomic E-state index is 12.0. The number of aryl methyl sites for hydroxylation is 6. The first-order valence-corrected chi connectivity index (χ1v) is 43.0. The average Bonchev–Trinajstić information content (AvgIpc) is 1.63. The highest BCUT2D eigenvalue weighted by Crippen LogP contribution is 2.43. The van der Waals surface area contributed by atoms with Crippen molar-refractivity contribution in [1.82, 2.24) is 103 Å². The molecule has 123 heavy (non-hydrogen) atoms. The Kier molecular flexibility index (Phi) is 21.8. The molecule has 22 rings (SSSR count). The van der Waals surface area contributed by atoms with Gasteiger partial charge in [0.15, 0.2) is 0 Å². The summed E-state index contributed by atoms with van der Waals surface area (Å²) in [4.78, 5) is 82.0. The molecule has 0 radical (unpaired) electrons. The van der Waals surface area contributed by atoms with Crippen LogP contribution in [0.5, 0.6) is 5.75 Å². The van der Waals surface area contributed by atoms with Crippen LogP contribution in [0.1, 0.15) is 128 Å². The second-order valence-electron chi connectivity index (χ2n) is 34.2. The summed E-state index contributed by atoms with van der Waals surface area (Å²) in [6.07, 6.45) is 21.3. The number of methoxy groups -OCH3 is 1. The van der Waals surface area contributed by atoms with Gasteiger partial charge in [-0.2, -0.15) is 30.6 Å². The van der Waals surface area contributed by atoms with Crippen LogP contribution < -0.4 is 4.74 Å². The average molecular weight is 1650 g/mol. The number of H-pyrrole nitrogens is 4. The van der Waals surface area contributed by atoms with Crippen molar-refractivity contribution in [2.75, 3.05) is 39.8 Å². The number of aromatic amines is 4. The summed E-state index contributed by atoms with van der Waals surface area (Å²) in [5.41, 5.74) is 32.0. The fourth-order valence-corrected chi connectivity index (χ4v) is 18.8. The highest BCUT2D eigenvalue weighted by Gasteiger charge is 2.35. The predicted octanol–water partition coefficient (Wildman–Crippen LogP) is 14.7. The topological polar surface area (TPSA) is 281 Å². The maximum Gasteiger partial charge on any atom is 0.219 e. The number of benzene rings is 5. The van der Waals surface area contributed by atoms with Gasteiger partial charge in [0, 0.05) is 344 Å². The van der Waals surface area contributed by atoms with Crippen LogP contribution in [0.15, 0.2) is 140 Å². The molecule has 27 nitrogen and oxygen atoms in total. The molecule has 0 spiro atoms. The van der Waals surface area contributed by atoms with Gasteiger partial charge in [-0.25, -0.2) is 0 Å². The van der Waals surface area contributed by atoms with E-state index in [1.807, 2.05) is 122 Å². The zero-order valence-electron chi connectivity index (χ0n) is 72.3. The van der Waals surface area contributed by atoms with E-state index in [4.69, 9.17) is 30.2 Å². The lowest BCUT2D eigenvalue weighted by Crippen LogP contribution is -2.34. The molecule has 15 heterocycles. The predicted molar refractivity (Wildman–Crippen MR) is 476 cm³/mol. The summed E-state index contributed by atoms with van der Waals surface area (Å²) >= 11 is 0. The quantitative estimate of drug-likeness (QED) is 0.0941. The number of nitrogens with one attached hydrogen (secondary N) is 4. The number of nitrogens with zero attached hydrogens (tertiary/aromatic N) is 17. The lowest BCUT2D eigenvalue weighted by molar-refractivity contribution is -0.130. The molecule has 0 atom stereocenters. The highest BCUT2D eigenvalue weighted by molar-refractivity contribution is 6.00. The van der Waals surface area contributed by atoms with Gasteiger partial charge in [0.1, 0.15) is 5.75 Å². The highest BCUT2D eigenvalue weighted by atomic mass is 16.5. The molecule has 5 amide bonds. The SMILES string of the molecule is CC(=O)N1CCc2c(c(-c3ccc(C)c4[nH]ccc34)nn2C)C1.CC(=O)N1CCc2c(c(-c3ccc(C)c4[nH]ccc34)nn2CC2CC2)C1.CC(=O)N1CCc2c(c(-c3cccc(-c4cnn(C)c4)c3)nn2C)C1.CC(=O)N1CCc2c(c(-c3cccc4[nH]ccc34)nn2CC2CC2)C1.COc1cc(-c2nn(C)c3c2CN(C(C)=O)CC3)c2cc[nH]c2c1. The number of fused-ring (bicyclic) bond motifs is 9. The van der Waals surface area contributed by atoms with Crippen molar-refractivity contribution in [1.29, 1.82) is 0 Å². The molecule has 2 saturated carbocycles. The Labute approximate surface area is 714 Å². The van der Waals surface area contributed by atoms with Crippen molar-refractivity contribution in [2.24, 2.45) is 40.0 Å². The monoisotopic (exact) mass is 1650 g/mol. The molecule has 632 valence electrons. The summed E-state index contributed by atoms with van der Waals surface area (Å²) in [6.45, 7) is 21.6. The number of hydrogen-bond donors (Lipinski definition) is 4. The molecule has 0 unspecified atom stereocenters. The van der Waals surface area contributed by atoms with Crippen LogP contribution in [-0.4, -0.2) is 172 Å². The molecular formula is C96H107N21O6. The number of carbonyl (C=O) groups excluding carboxylic acids is 5. The Balaban J connectivity index is 0.000000105. The number of amides is 5. The van der Waals surface area contributed by atoms with Crippen molar-refractivity contribution < 1.29 is 28.7 Å². The van der Waals surface area contributed by atoms with E-state index in [1.54, 1.807) is 46.4 Å². The van der Waals surface area contributed by atoms with Gasteiger partial charge >= 0.3 is 0 Å². The van der Waals surface area contributed by atoms with E-state index >= 15 is 0 Å². The van der Waals surface area contributed by atoms with Gasteiger partial charge in [0.2, 0.25) is 29.5 Å². The molecule has 0 bridgehead atoms. The molecule has 0 saturated heterocycles. The van der Waals surface area contributed by atoms with E-state index in [9.17, 15) is 24.0 Å². The number of rotatable bonds is 11. The summed E-state index contributed by atoms with van der Waals surface area (Å²) in [7, 11) is 9.53. The molecule has 4 N–H and O–H groups in total. The van der Waals surface area contributed by atoms with E-state index < -0.39 is 0 Å². The van der Waals surface area contributed by atoms with Crippen LogP contribution in [0.2, 0.25) is 0 Å². The molecule has 27 heteroatoms. The Hall–Kier alpha value is -13.3. The van der Waals surface area contributed by atoms with E-state index in [2.05, 4.69) is 133 Å². The Bertz CT molecular complexity index is 6600. The van der Waals surface area contributed by atoms with Crippen molar-refractivity contribution in [3.05, 3.63) is 208 Å². The zero-order valence-corrected chi connectivity index (χ0v) is 72.3. The molecule has 2 fully saturated rings. The summed E-state index contributed by atoms with van der Waals surface area (Å²) in [5.74, 6) is 2.99. The van der Waals surface area contributed by atoms with Crippen molar-refractivity contribution in [2.45, 2.75) is 152 Å². The van der Waals surface area contributed by atoms with Crippen LogP contribution in [0.25, 0.3) is 111 Å². The Morgan fingerprint density at radius 2 is 0.772 bits per heavy atom. The van der Waals surface area contributed by atoms with Gasteiger partial charge in [-0.3, -0.25) is 52.1 Å². The third kappa shape index (κ3) is 15.9. The van der Waals surface area contributed by atoms with Gasteiger partial charge in [0.25, 0.3) is 0 Å². The second kappa shape index (κ2) is 33.2. The molecule has 2 aliphatic carbocycles. The van der Waals surface area contributed by atoms with Gasteiger partial charge < -0.3 is 49.2 Å². The van der Waals surface area contributed by atoms with Gasteiger partial charge in [-0.15, -0.1) is 0 Å². The van der Waals surface area contributed by atoms with E-state index in [0.29, 0.717) is 32.7 Å². The first kappa shape index (κ1) is 80.7. The van der Waals surface area contributed by atoms with E-state index in [-0.39, 0.29) is 29.5 Å². The van der Waals surface area contributed by atoms with Crippen molar-refractivity contribution >= 4 is 73.1 Å². The normalized spacial score (nSPS) is 15.3. The number of aromatic nitrogens is 16. The van der Waals surface area contributed by atoms with E-state index in [0.717, 1.165) is 190 Å². The molecule has 10 aromatic heterocycles. The standard InChI is InChI=1S/C21H24N4O.C20H22N4O.C19H21N5O.C18H20N4O2.C18H20N4O/c1-13-3-6-16(17-7-9-22-20(13)17)21-18-12-24(14(2)26)10-8-19(18)25(23-21)11-15-4-5-15;1-13(25)23-10-8-19-17(12-23)20(22-24(19)11-14-5-6-14)16-3-2-4-18-15(16)7-9-21-18;1-13(25)24-8-7-18-17(12-24)19(21-23(18)3)15-6-4-5-14(9-15)16-10-20-22(2)11-16;1-11(23)22-7-5-17-15(10-22)18(20-21(17)2)14-8-12(24-3)9-16-13(14)4-6-19-16;1-11-4-5-13(14-6-8-19-17(11)14)18-15-10-22(12(2)23)9-7-16(15)21(3)20-18/h3,6-7,9,15,22H,4-5,8,10-12H2,1-2H3;2-4,7,9,14,21H,5-6,8,10-12H2,1H3;4-6,9-11H,7-8,12H2,1-3H3;4,6,8-9,19H,5,7,10H2,1-3H3;4-6,8,19H,7,9-10H2,1-3H3. The van der Waals surface area contributed by atoms with Crippen LogP contribution in [0, 0.1) is 25.7 Å². The first-order valence-electron chi connectivity index (χ1n) is 43.0. The van der Waals surface area contributed by atoms with Crippen LogP contribution in [-0.2, 0) is 130 Å². The second-order valence-corrected chi connectivity index (χ2v) is 34.2. The Morgan fingerprint density at radius 1 is 0.390 bits per heavy atom. The molecular weight excluding hydrogens is 1540 g/mol. The van der Waals surface area contributed by atoms with Crippen molar-refractivity contribution in [3.8, 4) is 73.2 Å². The smallest absolute Gasteiger partial charge is 0.219 e. The maximum absolute atomic E-state index is 12.0. The summed E-state index contributed by atoms with van der Waals surface area (Å²) < 4.78 is 17.6. The molecule has 7 aliphatic rings. The lowest BCUT2D eigenvalue weighted by atomic mass is 9.97. The number of carbonyl (C=O) groups is 5. The number of ether oxygens (including phenoxy) is 1. The third-order valence-corrected chi connectivity index (χ3v) is 26.0. The molecule has 5 aromatic carbocycles. The molecule has 5 aliphatic heterocycles. The fraction of sp³-hybridized carbons (Fsp3) is 0.365. The number of hydrogen-bond acceptors (Lipinski definition) is 12. The fourth-order valence-electron chi connectivity index (χ4n) is 18.8. The van der Waals surface area contributed by atoms with Crippen LogP contribution >= 0.6 is 0 Å². The summed E-state index contributed by atoms with van der Waals surface area (Å²) in [6, 6.07) is 35.7. The first-order chi connectivity index (χ1) is 59.5. The third-order valence-electron chi connectivity index (χ3n) is 26.0. The van der Waals surface area contributed by atoms with Crippen molar-refractivity contribution in [3.63, 3.8) is 0 Å². The Morgan fingerprint density at radius 3 is 1.22 bits per heavy atom. The van der Waals surface area contributed by atoms with Gasteiger partial charge in [-0.05, 0) is 111 Å². The van der Waals surface area contributed by atoms with E-state index in [1.165, 1.54) is 109 Å². The van der Waals surface area contributed by atoms with Crippen LogP contribution in [0.3, 0.4) is 0 Å². The largest absolute Gasteiger partial charge is 0.497 e. The van der Waals surface area contributed by atoms with Crippen LogP contribution in [0.4, 0.5) is 0 Å². The molecule has 15 aromatic rings. The minimum absolute atomic E-state index is 0.105. The van der Waals surface area contributed by atoms with Gasteiger partial charge in [0.05, 0.1) is 41.8 Å².